The van der Waals surface area contributed by atoms with Gasteiger partial charge in [-0.15, -0.1) is 22.9 Å². The summed E-state index contributed by atoms with van der Waals surface area (Å²) in [4.78, 5) is 10.7. The van der Waals surface area contributed by atoms with Gasteiger partial charge in [0.05, 0.1) is 5.56 Å². The predicted molar refractivity (Wildman–Crippen MR) is 56.7 cm³/mol. The Morgan fingerprint density at radius 1 is 1.50 bits per heavy atom. The number of thiophene rings is 1. The van der Waals surface area contributed by atoms with E-state index < -0.39 is 5.13 Å². The van der Waals surface area contributed by atoms with Gasteiger partial charge >= 0.3 is 0 Å². The molecule has 1 aromatic heterocycles. The number of aldehydes is 1. The first-order valence-corrected chi connectivity index (χ1v) is 5.34. The smallest absolute Gasteiger partial charge is 0.188 e. The van der Waals surface area contributed by atoms with Crippen molar-refractivity contribution in [3.8, 4) is 0 Å². The van der Waals surface area contributed by atoms with Gasteiger partial charge in [0.1, 0.15) is 0 Å². The van der Waals surface area contributed by atoms with Crippen LogP contribution in [0.5, 0.6) is 0 Å². The standard InChI is InChI=1S/C10H6ClFOS/c11-4-6-2-1-3-8-9(6)7(5-13)10(12)14-8/h1-3,5H,4H2. The summed E-state index contributed by atoms with van der Waals surface area (Å²) in [7, 11) is 0. The number of fused-ring (bicyclic) bond motifs is 1. The highest BCUT2D eigenvalue weighted by Crippen LogP contribution is 2.32. The number of hydrogen-bond acceptors (Lipinski definition) is 2. The van der Waals surface area contributed by atoms with Crippen LogP contribution in [-0.2, 0) is 5.88 Å². The zero-order chi connectivity index (χ0) is 10.1. The fourth-order valence-corrected chi connectivity index (χ4v) is 2.60. The lowest BCUT2D eigenvalue weighted by Gasteiger charge is -1.97. The highest BCUT2D eigenvalue weighted by Gasteiger charge is 2.13. The lowest BCUT2D eigenvalue weighted by molar-refractivity contribution is 0.112. The van der Waals surface area contributed by atoms with Crippen molar-refractivity contribution in [2.75, 3.05) is 0 Å². The molecule has 0 saturated heterocycles. The summed E-state index contributed by atoms with van der Waals surface area (Å²) in [6.45, 7) is 0. The van der Waals surface area contributed by atoms with Crippen LogP contribution in [0.4, 0.5) is 4.39 Å². The predicted octanol–water partition coefficient (Wildman–Crippen LogP) is 3.59. The first-order chi connectivity index (χ1) is 6.77. The third-order valence-corrected chi connectivity index (χ3v) is 3.30. The molecule has 1 nitrogen and oxygen atoms in total. The Balaban J connectivity index is 2.89. The molecular weight excluding hydrogens is 223 g/mol. The van der Waals surface area contributed by atoms with Gasteiger partial charge in [-0.3, -0.25) is 4.79 Å². The molecule has 0 aliphatic carbocycles. The van der Waals surface area contributed by atoms with Gasteiger partial charge in [-0.1, -0.05) is 12.1 Å². The first-order valence-electron chi connectivity index (χ1n) is 3.99. The van der Waals surface area contributed by atoms with Gasteiger partial charge in [-0.25, -0.2) is 0 Å². The van der Waals surface area contributed by atoms with E-state index in [-0.39, 0.29) is 11.4 Å². The Morgan fingerprint density at radius 2 is 2.29 bits per heavy atom. The minimum absolute atomic E-state index is 0.126. The topological polar surface area (TPSA) is 17.1 Å². The molecule has 0 saturated carbocycles. The molecule has 4 heteroatoms. The fraction of sp³-hybridized carbons (Fsp3) is 0.100. The molecule has 14 heavy (non-hydrogen) atoms. The molecule has 1 heterocycles. The molecule has 0 aliphatic heterocycles. The zero-order valence-corrected chi connectivity index (χ0v) is 8.66. The van der Waals surface area contributed by atoms with Gasteiger partial charge < -0.3 is 0 Å². The summed E-state index contributed by atoms with van der Waals surface area (Å²) in [5, 5.41) is 0.215. The summed E-state index contributed by atoms with van der Waals surface area (Å²) in [6, 6.07) is 5.39. The van der Waals surface area contributed by atoms with Crippen molar-refractivity contribution in [2.24, 2.45) is 0 Å². The molecule has 0 atom stereocenters. The van der Waals surface area contributed by atoms with Crippen LogP contribution < -0.4 is 0 Å². The van der Waals surface area contributed by atoms with Crippen molar-refractivity contribution in [3.05, 3.63) is 34.5 Å². The van der Waals surface area contributed by atoms with Crippen LogP contribution in [-0.4, -0.2) is 6.29 Å². The molecule has 2 rings (SSSR count). The number of carbonyl (C=O) groups excluding carboxylic acids is 1. The maximum Gasteiger partial charge on any atom is 0.188 e. The first kappa shape index (κ1) is 9.62. The van der Waals surface area contributed by atoms with Gasteiger partial charge in [-0.05, 0) is 11.6 Å². The highest BCUT2D eigenvalue weighted by atomic mass is 35.5. The number of carbonyl (C=O) groups is 1. The maximum absolute atomic E-state index is 13.3. The van der Waals surface area contributed by atoms with Gasteiger partial charge in [-0.2, -0.15) is 4.39 Å². The van der Waals surface area contributed by atoms with Crippen LogP contribution in [0.25, 0.3) is 10.1 Å². The van der Waals surface area contributed by atoms with Crippen LogP contribution in [0.2, 0.25) is 0 Å². The number of hydrogen-bond donors (Lipinski definition) is 0. The molecule has 0 aliphatic rings. The second-order valence-electron chi connectivity index (χ2n) is 2.83. The minimum atomic E-state index is -0.437. The zero-order valence-electron chi connectivity index (χ0n) is 7.09. The summed E-state index contributed by atoms with van der Waals surface area (Å²) in [5.74, 6) is 0.286. The van der Waals surface area contributed by atoms with Gasteiger partial charge in [0.2, 0.25) is 0 Å². The van der Waals surface area contributed by atoms with E-state index >= 15 is 0 Å². The van der Waals surface area contributed by atoms with E-state index in [4.69, 9.17) is 11.6 Å². The molecule has 0 fully saturated rings. The van der Waals surface area contributed by atoms with Crippen molar-refractivity contribution < 1.29 is 9.18 Å². The number of rotatable bonds is 2. The summed E-state index contributed by atoms with van der Waals surface area (Å²) >= 11 is 6.69. The molecule has 0 radical (unpaired) electrons. The second kappa shape index (κ2) is 3.67. The SMILES string of the molecule is O=Cc1c(F)sc2cccc(CCl)c12. The quantitative estimate of drug-likeness (QED) is 0.567. The van der Waals surface area contributed by atoms with Crippen molar-refractivity contribution in [2.45, 2.75) is 5.88 Å². The van der Waals surface area contributed by atoms with Crippen LogP contribution >= 0.6 is 22.9 Å². The Hall–Kier alpha value is -0.930. The van der Waals surface area contributed by atoms with Crippen LogP contribution in [0.15, 0.2) is 18.2 Å². The van der Waals surface area contributed by atoms with E-state index in [1.807, 2.05) is 6.07 Å². The Morgan fingerprint density at radius 3 is 2.93 bits per heavy atom. The largest absolute Gasteiger partial charge is 0.298 e. The van der Waals surface area contributed by atoms with E-state index in [9.17, 15) is 9.18 Å². The van der Waals surface area contributed by atoms with Gasteiger partial charge in [0, 0.05) is 16.0 Å². The van der Waals surface area contributed by atoms with Crippen LogP contribution in [0.1, 0.15) is 15.9 Å². The highest BCUT2D eigenvalue weighted by molar-refractivity contribution is 7.17. The van der Waals surface area contributed by atoms with E-state index in [1.54, 1.807) is 12.1 Å². The molecule has 2 aromatic rings. The minimum Gasteiger partial charge on any atom is -0.298 e. The summed E-state index contributed by atoms with van der Waals surface area (Å²) in [5.41, 5.74) is 0.924. The Labute approximate surface area is 89.1 Å². The average molecular weight is 229 g/mol. The van der Waals surface area contributed by atoms with Gasteiger partial charge in [0.15, 0.2) is 11.4 Å². The van der Waals surface area contributed by atoms with Crippen molar-refractivity contribution in [1.82, 2.24) is 0 Å². The maximum atomic E-state index is 13.3. The van der Waals surface area contributed by atoms with E-state index in [0.29, 0.717) is 11.7 Å². The summed E-state index contributed by atoms with van der Waals surface area (Å²) in [6.07, 6.45) is 0.546. The monoisotopic (exact) mass is 228 g/mol. The van der Waals surface area contributed by atoms with E-state index in [2.05, 4.69) is 0 Å². The Kier molecular flexibility index (Phi) is 2.52. The van der Waals surface area contributed by atoms with Crippen molar-refractivity contribution in [3.63, 3.8) is 0 Å². The van der Waals surface area contributed by atoms with Gasteiger partial charge in [0.25, 0.3) is 0 Å². The molecule has 0 N–H and O–H groups in total. The van der Waals surface area contributed by atoms with Crippen LogP contribution in [0.3, 0.4) is 0 Å². The summed E-state index contributed by atoms with van der Waals surface area (Å²) < 4.78 is 14.0. The molecule has 1 aromatic carbocycles. The number of halogens is 2. The third-order valence-electron chi connectivity index (χ3n) is 2.05. The molecule has 0 bridgehead atoms. The van der Waals surface area contributed by atoms with Crippen molar-refractivity contribution in [1.29, 1.82) is 0 Å². The third kappa shape index (κ3) is 1.33. The number of alkyl halides is 1. The fourth-order valence-electron chi connectivity index (χ4n) is 1.43. The number of benzene rings is 1. The molecule has 0 spiro atoms. The van der Waals surface area contributed by atoms with Crippen LogP contribution in [0, 0.1) is 5.13 Å². The Bertz CT molecular complexity index is 492. The molecule has 72 valence electrons. The average Bonchev–Trinajstić information content (AvgIpc) is 2.52. The second-order valence-corrected chi connectivity index (χ2v) is 4.10. The molecule has 0 unspecified atom stereocenters. The normalized spacial score (nSPS) is 10.7. The van der Waals surface area contributed by atoms with E-state index in [0.717, 1.165) is 21.6 Å². The van der Waals surface area contributed by atoms with Crippen molar-refractivity contribution >= 4 is 39.3 Å². The lowest BCUT2D eigenvalue weighted by Crippen LogP contribution is -1.85. The van der Waals surface area contributed by atoms with E-state index in [1.165, 1.54) is 0 Å². The molecule has 0 amide bonds. The lowest BCUT2D eigenvalue weighted by atomic mass is 10.1. The molecular formula is C10H6ClFOS.